The first-order valence-electron chi connectivity index (χ1n) is 3.73. The van der Waals surface area contributed by atoms with Gasteiger partial charge in [-0.25, -0.2) is 9.78 Å². The molecule has 0 saturated heterocycles. The molecule has 1 aromatic heterocycles. The number of anilines is 1. The highest BCUT2D eigenvalue weighted by molar-refractivity contribution is 9.09. The number of nitrogens with one attached hydrogen (secondary N) is 1. The lowest BCUT2D eigenvalue weighted by atomic mass is 10.2. The molecule has 0 spiro atoms. The van der Waals surface area contributed by atoms with Crippen LogP contribution in [0.4, 0.5) is 10.6 Å². The summed E-state index contributed by atoms with van der Waals surface area (Å²) in [6.07, 6.45) is 1.35. The summed E-state index contributed by atoms with van der Waals surface area (Å²) in [4.78, 5) is 14.1. The number of carbonyl (C=O) groups is 1. The van der Waals surface area contributed by atoms with E-state index in [0.717, 1.165) is 17.3 Å². The van der Waals surface area contributed by atoms with Crippen LogP contribution < -0.4 is 5.32 Å². The Morgan fingerprint density at radius 3 is 3.08 bits per heavy atom. The number of nitrogens with zero attached hydrogens (tertiary/aromatic N) is 1. The Hall–Kier alpha value is -1.10. The summed E-state index contributed by atoms with van der Waals surface area (Å²) < 4.78 is 0. The van der Waals surface area contributed by atoms with E-state index in [-0.39, 0.29) is 0 Å². The number of rotatable bonds is 3. The van der Waals surface area contributed by atoms with Crippen molar-refractivity contribution in [3.8, 4) is 0 Å². The van der Waals surface area contributed by atoms with Gasteiger partial charge in [-0.05, 0) is 24.1 Å². The second kappa shape index (κ2) is 4.81. The van der Waals surface area contributed by atoms with E-state index in [1.807, 2.05) is 6.07 Å². The van der Waals surface area contributed by atoms with Gasteiger partial charge in [0.25, 0.3) is 0 Å². The minimum absolute atomic E-state index is 0.367. The van der Waals surface area contributed by atoms with E-state index in [1.165, 1.54) is 0 Å². The molecule has 1 aromatic rings. The molecule has 13 heavy (non-hydrogen) atoms. The number of aromatic nitrogens is 1. The fourth-order valence-corrected chi connectivity index (χ4v) is 1.37. The van der Waals surface area contributed by atoms with E-state index >= 15 is 0 Å². The summed E-state index contributed by atoms with van der Waals surface area (Å²) in [6.45, 7) is 0. The second-order valence-corrected chi connectivity index (χ2v) is 3.21. The van der Waals surface area contributed by atoms with Crippen molar-refractivity contribution in [1.82, 2.24) is 4.98 Å². The third-order valence-corrected chi connectivity index (χ3v) is 1.84. The van der Waals surface area contributed by atoms with Crippen LogP contribution in [0.5, 0.6) is 0 Å². The van der Waals surface area contributed by atoms with Gasteiger partial charge in [0.2, 0.25) is 0 Å². The largest absolute Gasteiger partial charge is 0.465 e. The molecule has 2 N–H and O–H groups in total. The Labute approximate surface area is 84.1 Å². The molecular formula is C8H9BrN2O2. The zero-order chi connectivity index (χ0) is 9.68. The lowest BCUT2D eigenvalue weighted by Crippen LogP contribution is -2.08. The number of aryl methyl sites for hydroxylation is 1. The number of carboxylic acid groups (broad SMARTS) is 1. The maximum Gasteiger partial charge on any atom is 0.410 e. The fraction of sp³-hybridized carbons (Fsp3) is 0.250. The smallest absolute Gasteiger partial charge is 0.410 e. The predicted octanol–water partition coefficient (Wildman–Crippen LogP) is 2.11. The normalized spacial score (nSPS) is 9.62. The molecule has 1 rings (SSSR count). The van der Waals surface area contributed by atoms with Crippen molar-refractivity contribution in [3.05, 3.63) is 23.9 Å². The van der Waals surface area contributed by atoms with Crippen LogP contribution in [-0.4, -0.2) is 21.5 Å². The Morgan fingerprint density at radius 1 is 1.69 bits per heavy atom. The van der Waals surface area contributed by atoms with E-state index in [2.05, 4.69) is 26.2 Å². The monoisotopic (exact) mass is 244 g/mol. The van der Waals surface area contributed by atoms with Gasteiger partial charge in [-0.2, -0.15) is 0 Å². The summed E-state index contributed by atoms with van der Waals surface area (Å²) >= 11 is 3.30. The molecule has 4 nitrogen and oxygen atoms in total. The second-order valence-electron chi connectivity index (χ2n) is 2.42. The van der Waals surface area contributed by atoms with Gasteiger partial charge in [-0.1, -0.05) is 15.9 Å². The van der Waals surface area contributed by atoms with Gasteiger partial charge in [-0.3, -0.25) is 5.32 Å². The van der Waals surface area contributed by atoms with Crippen LogP contribution in [0, 0.1) is 0 Å². The Morgan fingerprint density at radius 2 is 2.46 bits per heavy atom. The molecule has 70 valence electrons. The van der Waals surface area contributed by atoms with E-state index in [9.17, 15) is 4.79 Å². The Bertz CT molecular complexity index is 304. The van der Waals surface area contributed by atoms with Crippen LogP contribution in [0.3, 0.4) is 0 Å². The van der Waals surface area contributed by atoms with Gasteiger partial charge in [-0.15, -0.1) is 0 Å². The molecule has 0 fully saturated rings. The number of hydrogen-bond donors (Lipinski definition) is 2. The molecule has 0 atom stereocenters. The van der Waals surface area contributed by atoms with Gasteiger partial charge in [0, 0.05) is 11.5 Å². The Kier molecular flexibility index (Phi) is 3.70. The molecule has 5 heteroatoms. The van der Waals surface area contributed by atoms with Crippen LogP contribution in [-0.2, 0) is 6.42 Å². The number of amides is 1. The standard InChI is InChI=1S/C8H9BrN2O2/c9-3-1-6-2-4-10-7(5-6)11-8(12)13/h2,4-5H,1,3H2,(H,10,11)(H,12,13). The van der Waals surface area contributed by atoms with E-state index in [1.54, 1.807) is 12.3 Å². The lowest BCUT2D eigenvalue weighted by Gasteiger charge is -2.01. The van der Waals surface area contributed by atoms with Crippen LogP contribution in [0.25, 0.3) is 0 Å². The number of hydrogen-bond acceptors (Lipinski definition) is 2. The summed E-state index contributed by atoms with van der Waals surface area (Å²) in [7, 11) is 0. The molecular weight excluding hydrogens is 236 g/mol. The van der Waals surface area contributed by atoms with Gasteiger partial charge < -0.3 is 5.11 Å². The van der Waals surface area contributed by atoms with Crippen molar-refractivity contribution in [2.45, 2.75) is 6.42 Å². The third kappa shape index (κ3) is 3.42. The highest BCUT2D eigenvalue weighted by Crippen LogP contribution is 2.08. The zero-order valence-electron chi connectivity index (χ0n) is 6.83. The van der Waals surface area contributed by atoms with Gasteiger partial charge in [0.15, 0.2) is 0 Å². The first-order valence-corrected chi connectivity index (χ1v) is 4.85. The van der Waals surface area contributed by atoms with E-state index in [4.69, 9.17) is 5.11 Å². The minimum Gasteiger partial charge on any atom is -0.465 e. The maximum atomic E-state index is 10.3. The number of halogens is 1. The summed E-state index contributed by atoms with van der Waals surface area (Å²) in [6, 6.07) is 3.57. The molecule has 0 saturated carbocycles. The molecule has 1 amide bonds. The van der Waals surface area contributed by atoms with Crippen LogP contribution >= 0.6 is 15.9 Å². The first kappa shape index (κ1) is 9.98. The minimum atomic E-state index is -1.09. The quantitative estimate of drug-likeness (QED) is 0.801. The number of alkyl halides is 1. The fourth-order valence-electron chi connectivity index (χ4n) is 0.917. The zero-order valence-corrected chi connectivity index (χ0v) is 8.41. The topological polar surface area (TPSA) is 62.2 Å². The highest BCUT2D eigenvalue weighted by Gasteiger charge is 1.99. The Balaban J connectivity index is 2.73. The van der Waals surface area contributed by atoms with Crippen molar-refractivity contribution in [3.63, 3.8) is 0 Å². The first-order chi connectivity index (χ1) is 6.22. The molecule has 0 bridgehead atoms. The van der Waals surface area contributed by atoms with Crippen molar-refractivity contribution in [2.75, 3.05) is 10.6 Å². The average molecular weight is 245 g/mol. The van der Waals surface area contributed by atoms with Gasteiger partial charge in [0.05, 0.1) is 0 Å². The molecule has 1 heterocycles. The third-order valence-electron chi connectivity index (χ3n) is 1.44. The van der Waals surface area contributed by atoms with Crippen molar-refractivity contribution in [2.24, 2.45) is 0 Å². The maximum absolute atomic E-state index is 10.3. The highest BCUT2D eigenvalue weighted by atomic mass is 79.9. The lowest BCUT2D eigenvalue weighted by molar-refractivity contribution is 0.209. The predicted molar refractivity (Wildman–Crippen MR) is 53.4 cm³/mol. The molecule has 0 unspecified atom stereocenters. The van der Waals surface area contributed by atoms with E-state index in [0.29, 0.717) is 5.82 Å². The molecule has 0 radical (unpaired) electrons. The van der Waals surface area contributed by atoms with Crippen molar-refractivity contribution in [1.29, 1.82) is 0 Å². The summed E-state index contributed by atoms with van der Waals surface area (Å²) in [5.74, 6) is 0.367. The van der Waals surface area contributed by atoms with Crippen LogP contribution in [0.2, 0.25) is 0 Å². The van der Waals surface area contributed by atoms with Crippen molar-refractivity contribution < 1.29 is 9.90 Å². The molecule has 0 aromatic carbocycles. The van der Waals surface area contributed by atoms with Gasteiger partial charge >= 0.3 is 6.09 Å². The van der Waals surface area contributed by atoms with Crippen LogP contribution in [0.1, 0.15) is 5.56 Å². The average Bonchev–Trinajstić information content (AvgIpc) is 2.04. The molecule has 0 aliphatic heterocycles. The summed E-state index contributed by atoms with van der Waals surface area (Å²) in [5, 5.41) is 11.5. The summed E-state index contributed by atoms with van der Waals surface area (Å²) in [5.41, 5.74) is 1.05. The number of pyridine rings is 1. The SMILES string of the molecule is O=C(O)Nc1cc(CCBr)ccn1. The molecule has 0 aliphatic carbocycles. The molecule has 0 aliphatic rings. The van der Waals surface area contributed by atoms with E-state index < -0.39 is 6.09 Å². The van der Waals surface area contributed by atoms with Crippen molar-refractivity contribution >= 4 is 27.8 Å². The van der Waals surface area contributed by atoms with Gasteiger partial charge in [0.1, 0.15) is 5.82 Å². The van der Waals surface area contributed by atoms with Crippen LogP contribution in [0.15, 0.2) is 18.3 Å².